The summed E-state index contributed by atoms with van der Waals surface area (Å²) >= 11 is 1.76. The van der Waals surface area contributed by atoms with Gasteiger partial charge in [-0.15, -0.1) is 11.3 Å². The molecule has 1 aliphatic heterocycles. The van der Waals surface area contributed by atoms with Crippen LogP contribution in [0.1, 0.15) is 44.5 Å². The van der Waals surface area contributed by atoms with E-state index in [1.54, 1.807) is 11.3 Å². The molecule has 2 amide bonds. The highest BCUT2D eigenvalue weighted by atomic mass is 32.1. The van der Waals surface area contributed by atoms with Gasteiger partial charge >= 0.3 is 0 Å². The van der Waals surface area contributed by atoms with E-state index in [0.29, 0.717) is 5.92 Å². The van der Waals surface area contributed by atoms with Crippen molar-refractivity contribution in [1.82, 2.24) is 15.2 Å². The van der Waals surface area contributed by atoms with Crippen LogP contribution in [0.3, 0.4) is 0 Å². The number of aromatic nitrogens is 1. The highest BCUT2D eigenvalue weighted by Crippen LogP contribution is 2.34. The van der Waals surface area contributed by atoms with E-state index in [1.807, 2.05) is 30.9 Å². The molecular weight excluding hydrogens is 334 g/mol. The van der Waals surface area contributed by atoms with Crippen LogP contribution in [0.4, 0.5) is 0 Å². The van der Waals surface area contributed by atoms with Crippen molar-refractivity contribution in [2.24, 2.45) is 5.92 Å². The minimum Gasteiger partial charge on any atom is -0.344 e. The lowest BCUT2D eigenvalue weighted by Crippen LogP contribution is -2.52. The maximum atomic E-state index is 12.8. The molecule has 2 heterocycles. The minimum absolute atomic E-state index is 0.0351. The lowest BCUT2D eigenvalue weighted by atomic mass is 9.95. The highest BCUT2D eigenvalue weighted by molar-refractivity contribution is 7.18. The van der Waals surface area contributed by atoms with Gasteiger partial charge in [0.2, 0.25) is 11.8 Å². The van der Waals surface area contributed by atoms with Crippen molar-refractivity contribution in [2.45, 2.75) is 45.6 Å². The largest absolute Gasteiger partial charge is 0.344 e. The highest BCUT2D eigenvalue weighted by Gasteiger charge is 2.31. The van der Waals surface area contributed by atoms with Gasteiger partial charge in [0, 0.05) is 25.9 Å². The molecule has 1 aromatic carbocycles. The predicted octanol–water partition coefficient (Wildman–Crippen LogP) is 3.16. The van der Waals surface area contributed by atoms with Gasteiger partial charge in [0.15, 0.2) is 0 Å². The van der Waals surface area contributed by atoms with E-state index in [9.17, 15) is 9.59 Å². The maximum Gasteiger partial charge on any atom is 0.245 e. The molecular formula is C19H25N3O2S. The number of hydrogen-bond acceptors (Lipinski definition) is 4. The van der Waals surface area contributed by atoms with Gasteiger partial charge in [0.05, 0.1) is 15.2 Å². The summed E-state index contributed by atoms with van der Waals surface area (Å²) in [5.74, 6) is 0.377. The SMILES string of the molecule is CC(=O)N[C@H](C(=O)N1CCC(c2nc3ccccc3s2)CC1)C(C)C. The smallest absolute Gasteiger partial charge is 0.245 e. The zero-order valence-corrected chi connectivity index (χ0v) is 15.8. The number of carbonyl (C=O) groups excluding carboxylic acids is 2. The average Bonchev–Trinajstić information content (AvgIpc) is 3.03. The Labute approximate surface area is 152 Å². The number of para-hydroxylation sites is 1. The summed E-state index contributed by atoms with van der Waals surface area (Å²) in [5.41, 5.74) is 1.06. The molecule has 1 fully saturated rings. The fourth-order valence-electron chi connectivity index (χ4n) is 3.34. The first-order chi connectivity index (χ1) is 12.0. The second-order valence-electron chi connectivity index (χ2n) is 7.04. The summed E-state index contributed by atoms with van der Waals surface area (Å²) in [7, 11) is 0. The lowest BCUT2D eigenvalue weighted by molar-refractivity contribution is -0.138. The zero-order valence-electron chi connectivity index (χ0n) is 15.0. The number of carbonyl (C=O) groups is 2. The molecule has 2 aromatic rings. The number of nitrogens with one attached hydrogen (secondary N) is 1. The molecule has 0 spiro atoms. The fourth-order valence-corrected chi connectivity index (χ4v) is 4.48. The Balaban J connectivity index is 1.64. The van der Waals surface area contributed by atoms with E-state index in [1.165, 1.54) is 16.6 Å². The summed E-state index contributed by atoms with van der Waals surface area (Å²) in [4.78, 5) is 30.8. The minimum atomic E-state index is -0.434. The first-order valence-corrected chi connectivity index (χ1v) is 9.68. The van der Waals surface area contributed by atoms with Gasteiger partial charge in [0.25, 0.3) is 0 Å². The van der Waals surface area contributed by atoms with E-state index in [0.717, 1.165) is 31.4 Å². The van der Waals surface area contributed by atoms with Crippen molar-refractivity contribution >= 4 is 33.4 Å². The lowest BCUT2D eigenvalue weighted by Gasteiger charge is -2.34. The van der Waals surface area contributed by atoms with E-state index in [-0.39, 0.29) is 17.7 Å². The van der Waals surface area contributed by atoms with Gasteiger partial charge in [-0.1, -0.05) is 26.0 Å². The first-order valence-electron chi connectivity index (χ1n) is 8.87. The molecule has 0 saturated carbocycles. The third-order valence-corrected chi connectivity index (χ3v) is 5.96. The van der Waals surface area contributed by atoms with Crippen LogP contribution in [-0.4, -0.2) is 40.8 Å². The van der Waals surface area contributed by atoms with Crippen LogP contribution in [-0.2, 0) is 9.59 Å². The molecule has 1 aromatic heterocycles. The Morgan fingerprint density at radius 3 is 2.52 bits per heavy atom. The number of hydrogen-bond donors (Lipinski definition) is 1. The topological polar surface area (TPSA) is 62.3 Å². The van der Waals surface area contributed by atoms with Crippen molar-refractivity contribution in [2.75, 3.05) is 13.1 Å². The predicted molar refractivity (Wildman–Crippen MR) is 101 cm³/mol. The summed E-state index contributed by atoms with van der Waals surface area (Å²) < 4.78 is 1.22. The Bertz CT molecular complexity index is 730. The monoisotopic (exact) mass is 359 g/mol. The van der Waals surface area contributed by atoms with E-state index in [2.05, 4.69) is 17.4 Å². The van der Waals surface area contributed by atoms with E-state index < -0.39 is 6.04 Å². The van der Waals surface area contributed by atoms with Crippen molar-refractivity contribution in [3.63, 3.8) is 0 Å². The van der Waals surface area contributed by atoms with Crippen molar-refractivity contribution in [3.8, 4) is 0 Å². The second-order valence-corrected chi connectivity index (χ2v) is 8.10. The van der Waals surface area contributed by atoms with Gasteiger partial charge in [-0.25, -0.2) is 4.98 Å². The number of benzene rings is 1. The summed E-state index contributed by atoms with van der Waals surface area (Å²) in [6.07, 6.45) is 1.85. The molecule has 5 nitrogen and oxygen atoms in total. The molecule has 0 bridgehead atoms. The van der Waals surface area contributed by atoms with Crippen LogP contribution in [0.15, 0.2) is 24.3 Å². The quantitative estimate of drug-likeness (QED) is 0.912. The number of amides is 2. The van der Waals surface area contributed by atoms with Crippen LogP contribution < -0.4 is 5.32 Å². The third kappa shape index (κ3) is 4.00. The van der Waals surface area contributed by atoms with Crippen molar-refractivity contribution in [1.29, 1.82) is 0 Å². The number of piperidine rings is 1. The maximum absolute atomic E-state index is 12.8. The van der Waals surface area contributed by atoms with Crippen LogP contribution >= 0.6 is 11.3 Å². The molecule has 134 valence electrons. The molecule has 0 radical (unpaired) electrons. The molecule has 1 atom stereocenters. The first kappa shape index (κ1) is 17.9. The average molecular weight is 359 g/mol. The number of likely N-dealkylation sites (tertiary alicyclic amines) is 1. The number of fused-ring (bicyclic) bond motifs is 1. The zero-order chi connectivity index (χ0) is 18.0. The number of thiazole rings is 1. The second kappa shape index (κ2) is 7.52. The normalized spacial score (nSPS) is 17.0. The number of rotatable bonds is 4. The molecule has 1 N–H and O–H groups in total. The van der Waals surface area contributed by atoms with E-state index in [4.69, 9.17) is 4.98 Å². The molecule has 1 saturated heterocycles. The van der Waals surface area contributed by atoms with Gasteiger partial charge in [-0.2, -0.15) is 0 Å². The standard InChI is InChI=1S/C19H25N3O2S/c1-12(2)17(20-13(3)23)19(24)22-10-8-14(9-11-22)18-21-15-6-4-5-7-16(15)25-18/h4-7,12,14,17H,8-11H2,1-3H3,(H,20,23)/t17-/m0/s1. The van der Waals surface area contributed by atoms with Crippen LogP contribution in [0, 0.1) is 5.92 Å². The Kier molecular flexibility index (Phi) is 5.37. The molecule has 25 heavy (non-hydrogen) atoms. The summed E-state index contributed by atoms with van der Waals surface area (Å²) in [5, 5.41) is 3.97. The van der Waals surface area contributed by atoms with Gasteiger partial charge in [-0.05, 0) is 30.9 Å². The van der Waals surface area contributed by atoms with Crippen LogP contribution in [0.25, 0.3) is 10.2 Å². The molecule has 0 aliphatic carbocycles. The Morgan fingerprint density at radius 2 is 1.92 bits per heavy atom. The van der Waals surface area contributed by atoms with Crippen LogP contribution in [0.2, 0.25) is 0 Å². The van der Waals surface area contributed by atoms with Crippen LogP contribution in [0.5, 0.6) is 0 Å². The Morgan fingerprint density at radius 1 is 1.24 bits per heavy atom. The molecule has 1 aliphatic rings. The van der Waals surface area contributed by atoms with Gasteiger partial charge in [0.1, 0.15) is 6.04 Å². The number of nitrogens with zero attached hydrogens (tertiary/aromatic N) is 2. The molecule has 6 heteroatoms. The van der Waals surface area contributed by atoms with E-state index >= 15 is 0 Å². The van der Waals surface area contributed by atoms with Crippen molar-refractivity contribution < 1.29 is 9.59 Å². The van der Waals surface area contributed by atoms with Gasteiger partial charge in [-0.3, -0.25) is 9.59 Å². The van der Waals surface area contributed by atoms with Gasteiger partial charge < -0.3 is 10.2 Å². The Hall–Kier alpha value is -1.95. The summed E-state index contributed by atoms with van der Waals surface area (Å²) in [6.45, 7) is 6.84. The summed E-state index contributed by atoms with van der Waals surface area (Å²) in [6, 6.07) is 7.78. The van der Waals surface area contributed by atoms with Crippen molar-refractivity contribution in [3.05, 3.63) is 29.3 Å². The molecule has 3 rings (SSSR count). The molecule has 0 unspecified atom stereocenters. The fraction of sp³-hybridized carbons (Fsp3) is 0.526. The third-order valence-electron chi connectivity index (χ3n) is 4.76.